The van der Waals surface area contributed by atoms with Gasteiger partial charge in [-0.2, -0.15) is 13.2 Å². The molecule has 5 aromatic carbocycles. The van der Waals surface area contributed by atoms with Gasteiger partial charge in [-0.25, -0.2) is 0 Å². The number of pyridine rings is 1. The fourth-order valence-corrected chi connectivity index (χ4v) is 9.20. The minimum absolute atomic E-state index is 0. The molecule has 0 saturated heterocycles. The zero-order valence-corrected chi connectivity index (χ0v) is 37.3. The SMILES string of the molecule is Cc1cc(C(C)C)c(-n2c(-c3[c-]ccc4c3oc3cc(C(F)(F)F)ccc34)nc3ccccc32)c(C(C)C)c1.[CH3][Ge]([CH3])([CH3])[c]1ccc(-c2[c-]cccc2)nc1.[Ir]. The van der Waals surface area contributed by atoms with Crippen molar-refractivity contribution in [1.29, 1.82) is 0 Å². The van der Waals surface area contributed by atoms with Gasteiger partial charge in [0.05, 0.1) is 28.0 Å². The first-order valence-corrected chi connectivity index (χ1v) is 26.0. The van der Waals surface area contributed by atoms with Gasteiger partial charge in [-0.3, -0.25) is 4.98 Å². The van der Waals surface area contributed by atoms with Gasteiger partial charge in [0.2, 0.25) is 0 Å². The van der Waals surface area contributed by atoms with Crippen molar-refractivity contribution in [1.82, 2.24) is 14.5 Å². The van der Waals surface area contributed by atoms with E-state index in [0.29, 0.717) is 22.4 Å². The second-order valence-electron chi connectivity index (χ2n) is 15.7. The Kier molecular flexibility index (Phi) is 11.9. The smallest absolute Gasteiger partial charge is 0 e. The zero-order valence-electron chi connectivity index (χ0n) is 32.8. The Morgan fingerprint density at radius 1 is 0.768 bits per heavy atom. The van der Waals surface area contributed by atoms with Crippen molar-refractivity contribution in [2.75, 3.05) is 0 Å². The predicted octanol–water partition coefficient (Wildman–Crippen LogP) is 13.1. The summed E-state index contributed by atoms with van der Waals surface area (Å²) in [5, 5.41) is 1.35. The van der Waals surface area contributed by atoms with E-state index >= 15 is 0 Å². The van der Waals surface area contributed by atoms with Crippen LogP contribution in [0.3, 0.4) is 0 Å². The zero-order chi connectivity index (χ0) is 39.2. The second kappa shape index (κ2) is 16.2. The van der Waals surface area contributed by atoms with E-state index in [4.69, 9.17) is 9.40 Å². The van der Waals surface area contributed by atoms with Crippen LogP contribution in [0.2, 0.25) is 17.3 Å². The van der Waals surface area contributed by atoms with Gasteiger partial charge in [0.25, 0.3) is 0 Å². The van der Waals surface area contributed by atoms with Crippen LogP contribution < -0.4 is 4.40 Å². The molecule has 289 valence electrons. The van der Waals surface area contributed by atoms with Crippen LogP contribution in [-0.4, -0.2) is 27.8 Å². The van der Waals surface area contributed by atoms with E-state index in [-0.39, 0.29) is 37.5 Å². The number of alkyl halides is 3. The predicted molar refractivity (Wildman–Crippen MR) is 222 cm³/mol. The Labute approximate surface area is 342 Å². The summed E-state index contributed by atoms with van der Waals surface area (Å²) in [7, 11) is 0. The molecule has 0 aliphatic carbocycles. The number of benzene rings is 5. The molecule has 0 spiro atoms. The maximum Gasteiger partial charge on any atom is 0 e. The summed E-state index contributed by atoms with van der Waals surface area (Å²) in [6.07, 6.45) is -2.42. The van der Waals surface area contributed by atoms with Crippen LogP contribution in [0.5, 0.6) is 0 Å². The van der Waals surface area contributed by atoms with Gasteiger partial charge in [0.15, 0.2) is 0 Å². The Bertz CT molecular complexity index is 2610. The largest absolute Gasteiger partial charge is 0 e. The number of furan rings is 1. The van der Waals surface area contributed by atoms with E-state index in [1.165, 1.54) is 27.2 Å². The van der Waals surface area contributed by atoms with E-state index in [1.807, 2.05) is 60.8 Å². The van der Waals surface area contributed by atoms with Crippen LogP contribution in [0.25, 0.3) is 61.3 Å². The van der Waals surface area contributed by atoms with Crippen molar-refractivity contribution in [3.8, 4) is 28.3 Å². The fraction of sp³-hybridized carbons (Fsp3) is 0.234. The van der Waals surface area contributed by atoms with E-state index in [0.717, 1.165) is 45.5 Å². The number of rotatable bonds is 6. The molecule has 3 heterocycles. The number of hydrogen-bond acceptors (Lipinski definition) is 3. The third-order valence-electron chi connectivity index (χ3n) is 9.94. The minimum atomic E-state index is -4.46. The summed E-state index contributed by atoms with van der Waals surface area (Å²) in [6.45, 7) is 10.9. The van der Waals surface area contributed by atoms with Crippen LogP contribution in [-0.2, 0) is 26.3 Å². The van der Waals surface area contributed by atoms with Crippen molar-refractivity contribution in [3.05, 3.63) is 144 Å². The quantitative estimate of drug-likeness (QED) is 0.123. The molecule has 0 aliphatic heterocycles. The number of hydrogen-bond donors (Lipinski definition) is 0. The van der Waals surface area contributed by atoms with Gasteiger partial charge in [0.1, 0.15) is 5.58 Å². The van der Waals surface area contributed by atoms with Crippen molar-refractivity contribution in [2.24, 2.45) is 0 Å². The molecule has 56 heavy (non-hydrogen) atoms. The van der Waals surface area contributed by atoms with Crippen molar-refractivity contribution >= 4 is 50.6 Å². The summed E-state index contributed by atoms with van der Waals surface area (Å²) in [4.78, 5) is 9.58. The van der Waals surface area contributed by atoms with Crippen LogP contribution in [0, 0.1) is 19.1 Å². The molecule has 3 aromatic heterocycles. The molecule has 0 aliphatic rings. The minimum Gasteiger partial charge on any atom is 0 e. The molecule has 0 bridgehead atoms. The van der Waals surface area contributed by atoms with E-state index < -0.39 is 25.0 Å². The molecular formula is C47H44F3GeIrN3O-2. The number of halogens is 3. The van der Waals surface area contributed by atoms with E-state index in [2.05, 4.69) is 97.8 Å². The Morgan fingerprint density at radius 2 is 1.46 bits per heavy atom. The van der Waals surface area contributed by atoms with Crippen molar-refractivity contribution in [3.63, 3.8) is 0 Å². The van der Waals surface area contributed by atoms with E-state index in [1.54, 1.807) is 6.07 Å². The maximum atomic E-state index is 13.4. The van der Waals surface area contributed by atoms with Crippen molar-refractivity contribution < 1.29 is 37.7 Å². The Hall–Kier alpha value is -4.50. The normalized spacial score (nSPS) is 12.0. The average molecular weight is 989 g/mol. The molecule has 8 aromatic rings. The summed E-state index contributed by atoms with van der Waals surface area (Å²) in [5.41, 5.74) is 9.04. The fourth-order valence-electron chi connectivity index (χ4n) is 7.03. The molecule has 4 nitrogen and oxygen atoms in total. The van der Waals surface area contributed by atoms with E-state index in [9.17, 15) is 13.2 Å². The Morgan fingerprint density at radius 3 is 2.07 bits per heavy atom. The Balaban J connectivity index is 0.000000263. The molecule has 1 radical (unpaired) electrons. The average Bonchev–Trinajstić information content (AvgIpc) is 3.73. The van der Waals surface area contributed by atoms with Crippen LogP contribution >= 0.6 is 0 Å². The molecule has 0 fully saturated rings. The third-order valence-corrected chi connectivity index (χ3v) is 14.2. The summed E-state index contributed by atoms with van der Waals surface area (Å²) < 4.78 is 50.1. The van der Waals surface area contributed by atoms with Crippen LogP contribution in [0.4, 0.5) is 13.2 Å². The first-order valence-electron chi connectivity index (χ1n) is 18.6. The first-order chi connectivity index (χ1) is 26.1. The summed E-state index contributed by atoms with van der Waals surface area (Å²) in [5.74, 6) is 8.28. The summed E-state index contributed by atoms with van der Waals surface area (Å²) >= 11 is -1.72. The van der Waals surface area contributed by atoms with Gasteiger partial charge in [-0.15, -0.1) is 18.2 Å². The number of fused-ring (bicyclic) bond motifs is 4. The molecule has 0 N–H and O–H groups in total. The second-order valence-corrected chi connectivity index (χ2v) is 26.4. The third kappa shape index (κ3) is 8.15. The standard InChI is InChI=1S/C33H28F3N2O.C14H16GeN.Ir/c1-18(2)25-15-20(5)16-26(19(3)4)30(25)38-28-12-7-6-11-27(28)37-32(38)24-10-8-9-23-22-14-13-21(33(34,35)36)17-29(22)39-31(23)24;1-15(2,3)13-9-10-14(16-11-13)12-7-5-4-6-8-12;/h6-9,11-19H,1-5H3;4-7,9-11H,1-3H3;/q2*-1;. The van der Waals surface area contributed by atoms with Gasteiger partial charge in [-0.1, -0.05) is 74.5 Å². The van der Waals surface area contributed by atoms with Crippen molar-refractivity contribution in [2.45, 2.75) is 69.9 Å². The van der Waals surface area contributed by atoms with Gasteiger partial charge >= 0.3 is 106 Å². The molecule has 0 unspecified atom stereocenters. The van der Waals surface area contributed by atoms with Gasteiger partial charge in [-0.05, 0) is 54.2 Å². The number of aromatic nitrogens is 3. The molecule has 0 atom stereocenters. The maximum absolute atomic E-state index is 13.4. The molecular weight excluding hydrogens is 944 g/mol. The van der Waals surface area contributed by atoms with Crippen LogP contribution in [0.1, 0.15) is 61.8 Å². The van der Waals surface area contributed by atoms with Gasteiger partial charge < -0.3 is 8.98 Å². The van der Waals surface area contributed by atoms with Gasteiger partial charge in [0, 0.05) is 31.2 Å². The molecule has 0 saturated carbocycles. The molecule has 9 heteroatoms. The van der Waals surface area contributed by atoms with Crippen LogP contribution in [0.15, 0.2) is 114 Å². The monoisotopic (exact) mass is 990 g/mol. The topological polar surface area (TPSA) is 43.9 Å². The number of para-hydroxylation sites is 2. The number of aryl methyl sites for hydroxylation is 1. The summed E-state index contributed by atoms with van der Waals surface area (Å²) in [6, 6.07) is 38.5. The number of nitrogens with zero attached hydrogens (tertiary/aromatic N) is 3. The number of imidazole rings is 1. The molecule has 0 amide bonds. The molecule has 8 rings (SSSR count). The first kappa shape index (κ1) is 41.1.